The van der Waals surface area contributed by atoms with Crippen molar-refractivity contribution < 1.29 is 9.53 Å². The van der Waals surface area contributed by atoms with Gasteiger partial charge in [-0.25, -0.2) is 0 Å². The quantitative estimate of drug-likeness (QED) is 0.679. The minimum absolute atomic E-state index is 0.00258. The van der Waals surface area contributed by atoms with Gasteiger partial charge in [-0.05, 0) is 49.4 Å². The van der Waals surface area contributed by atoms with E-state index in [-0.39, 0.29) is 17.6 Å². The number of likely N-dealkylation sites (tertiary alicyclic amines) is 1. The number of carbonyl (C=O) groups excluding carboxylic acids is 1. The fourth-order valence-electron chi connectivity index (χ4n) is 5.22. The van der Waals surface area contributed by atoms with Gasteiger partial charge in [0.05, 0.1) is 11.7 Å². The first-order chi connectivity index (χ1) is 15.1. The summed E-state index contributed by atoms with van der Waals surface area (Å²) in [7, 11) is 2.13. The van der Waals surface area contributed by atoms with E-state index in [1.54, 1.807) is 0 Å². The highest BCUT2D eigenvalue weighted by Crippen LogP contribution is 2.39. The van der Waals surface area contributed by atoms with Gasteiger partial charge in [-0.2, -0.15) is 0 Å². The van der Waals surface area contributed by atoms with Gasteiger partial charge in [0, 0.05) is 55.9 Å². The van der Waals surface area contributed by atoms with Crippen molar-refractivity contribution in [1.29, 1.82) is 0 Å². The van der Waals surface area contributed by atoms with E-state index in [1.165, 1.54) is 16.5 Å². The van der Waals surface area contributed by atoms with Crippen LogP contribution in [0, 0.1) is 0 Å². The van der Waals surface area contributed by atoms with Gasteiger partial charge in [-0.15, -0.1) is 0 Å². The number of ether oxygens (including phenoxy) is 1. The Balaban J connectivity index is 1.13. The highest BCUT2D eigenvalue weighted by Gasteiger charge is 2.42. The second-order valence-corrected chi connectivity index (χ2v) is 9.10. The van der Waals surface area contributed by atoms with Gasteiger partial charge >= 0.3 is 0 Å². The van der Waals surface area contributed by atoms with Crippen LogP contribution in [0.5, 0.6) is 0 Å². The number of aryl methyl sites for hydroxylation is 1. The van der Waals surface area contributed by atoms with Crippen molar-refractivity contribution in [3.8, 4) is 0 Å². The van der Waals surface area contributed by atoms with Gasteiger partial charge < -0.3 is 14.6 Å². The van der Waals surface area contributed by atoms with Crippen LogP contribution in [-0.4, -0.2) is 46.7 Å². The third-order valence-corrected chi connectivity index (χ3v) is 7.01. The molecule has 1 amide bonds. The van der Waals surface area contributed by atoms with Gasteiger partial charge in [0.15, 0.2) is 0 Å². The maximum Gasteiger partial charge on any atom is 0.251 e. The summed E-state index contributed by atoms with van der Waals surface area (Å²) in [5.74, 6) is -0.0185. The predicted molar refractivity (Wildman–Crippen MR) is 123 cm³/mol. The first-order valence-corrected chi connectivity index (χ1v) is 11.4. The van der Waals surface area contributed by atoms with Crippen LogP contribution < -0.4 is 5.32 Å². The lowest BCUT2D eigenvalue weighted by Gasteiger charge is -2.39. The summed E-state index contributed by atoms with van der Waals surface area (Å²) >= 11 is 0. The number of carbonyl (C=O) groups is 1. The third kappa shape index (κ3) is 4.25. The molecule has 1 atom stereocenters. The molecule has 2 aliphatic heterocycles. The van der Waals surface area contributed by atoms with Gasteiger partial charge in [-0.1, -0.05) is 36.4 Å². The topological polar surface area (TPSA) is 46.5 Å². The van der Waals surface area contributed by atoms with Crippen LogP contribution in [0.2, 0.25) is 0 Å². The first-order valence-electron chi connectivity index (χ1n) is 11.4. The molecule has 2 aliphatic rings. The number of rotatable bonds is 5. The van der Waals surface area contributed by atoms with Crippen molar-refractivity contribution in [1.82, 2.24) is 14.8 Å². The van der Waals surface area contributed by atoms with Crippen LogP contribution in [0.25, 0.3) is 10.9 Å². The number of nitrogens with zero attached hydrogens (tertiary/aromatic N) is 2. The van der Waals surface area contributed by atoms with E-state index in [2.05, 4.69) is 52.3 Å². The highest BCUT2D eigenvalue weighted by molar-refractivity contribution is 5.94. The number of amides is 1. The van der Waals surface area contributed by atoms with E-state index in [0.717, 1.165) is 45.3 Å². The molecule has 0 saturated carbocycles. The fraction of sp³-hybridized carbons (Fsp3) is 0.423. The minimum Gasteiger partial charge on any atom is -0.370 e. The van der Waals surface area contributed by atoms with Crippen LogP contribution in [0.3, 0.4) is 0 Å². The Hall–Kier alpha value is -2.63. The monoisotopic (exact) mass is 417 g/mol. The van der Waals surface area contributed by atoms with Crippen molar-refractivity contribution in [2.75, 3.05) is 19.6 Å². The van der Waals surface area contributed by atoms with Crippen LogP contribution in [0.1, 0.15) is 41.6 Å². The van der Waals surface area contributed by atoms with Crippen LogP contribution in [0.15, 0.2) is 60.8 Å². The Morgan fingerprint density at radius 1 is 1.06 bits per heavy atom. The minimum atomic E-state index is -0.0185. The Morgan fingerprint density at radius 2 is 1.81 bits per heavy atom. The number of para-hydroxylation sites is 1. The van der Waals surface area contributed by atoms with Crippen LogP contribution >= 0.6 is 0 Å². The average Bonchev–Trinajstić information content (AvgIpc) is 3.35. The van der Waals surface area contributed by atoms with E-state index in [0.29, 0.717) is 12.1 Å². The maximum atomic E-state index is 12.3. The Bertz CT molecular complexity index is 1050. The maximum absolute atomic E-state index is 12.3. The average molecular weight is 418 g/mol. The van der Waals surface area contributed by atoms with Crippen LogP contribution in [-0.2, 0) is 18.3 Å². The van der Waals surface area contributed by atoms with Crippen LogP contribution in [0.4, 0.5) is 0 Å². The summed E-state index contributed by atoms with van der Waals surface area (Å²) in [5.41, 5.74) is 3.41. The molecular formula is C26H31N3O2. The molecule has 3 heterocycles. The summed E-state index contributed by atoms with van der Waals surface area (Å²) in [6.07, 6.45) is 6.66. The van der Waals surface area contributed by atoms with E-state index in [1.807, 2.05) is 30.3 Å². The van der Waals surface area contributed by atoms with E-state index in [9.17, 15) is 4.79 Å². The van der Waals surface area contributed by atoms with Gasteiger partial charge in [0.1, 0.15) is 0 Å². The summed E-state index contributed by atoms with van der Waals surface area (Å²) < 4.78 is 8.73. The number of fused-ring (bicyclic) bond motifs is 1. The molecule has 0 radical (unpaired) electrons. The van der Waals surface area contributed by atoms with E-state index < -0.39 is 0 Å². The first kappa shape index (κ1) is 20.3. The second kappa shape index (κ2) is 8.48. The summed E-state index contributed by atoms with van der Waals surface area (Å²) in [4.78, 5) is 14.9. The third-order valence-electron chi connectivity index (χ3n) is 7.01. The molecule has 0 bridgehead atoms. The molecule has 1 N–H and O–H groups in total. The normalized spacial score (nSPS) is 21.0. The lowest BCUT2D eigenvalue weighted by atomic mass is 9.88. The zero-order valence-corrected chi connectivity index (χ0v) is 18.2. The molecule has 1 unspecified atom stereocenters. The number of piperidine rings is 1. The molecule has 5 rings (SSSR count). The molecule has 2 fully saturated rings. The lowest BCUT2D eigenvalue weighted by Crippen LogP contribution is -2.44. The predicted octanol–water partition coefficient (Wildman–Crippen LogP) is 4.12. The summed E-state index contributed by atoms with van der Waals surface area (Å²) in [5, 5.41) is 4.40. The molecule has 162 valence electrons. The number of benzene rings is 2. The molecule has 5 heteroatoms. The largest absolute Gasteiger partial charge is 0.370 e. The van der Waals surface area contributed by atoms with Gasteiger partial charge in [0.2, 0.25) is 0 Å². The van der Waals surface area contributed by atoms with Crippen molar-refractivity contribution >= 4 is 16.8 Å². The van der Waals surface area contributed by atoms with Crippen molar-refractivity contribution in [3.05, 3.63) is 71.9 Å². The van der Waals surface area contributed by atoms with Crippen molar-refractivity contribution in [2.24, 2.45) is 7.05 Å². The molecule has 1 aromatic heterocycles. The Kier molecular flexibility index (Phi) is 5.55. The molecule has 3 aromatic rings. The molecule has 2 aromatic carbocycles. The molecule has 31 heavy (non-hydrogen) atoms. The van der Waals surface area contributed by atoms with Crippen molar-refractivity contribution in [3.63, 3.8) is 0 Å². The highest BCUT2D eigenvalue weighted by atomic mass is 16.5. The number of hydrogen-bond donors (Lipinski definition) is 1. The zero-order chi connectivity index (χ0) is 21.3. The Labute approximate surface area is 184 Å². The standard InChI is InChI=1S/C26H31N3O2/c1-28-18-21(23-9-5-6-10-24(23)28)19-29-15-13-26(14-16-29)12-11-22(31-26)17-27-25(30)20-7-3-2-4-8-20/h2-10,18,22H,11-17,19H2,1H3,(H,27,30). The molecule has 5 nitrogen and oxygen atoms in total. The SMILES string of the molecule is Cn1cc(CN2CCC3(CCC(CNC(=O)c4ccccc4)O3)CC2)c2ccccc21. The van der Waals surface area contributed by atoms with E-state index in [4.69, 9.17) is 4.74 Å². The van der Waals surface area contributed by atoms with E-state index >= 15 is 0 Å². The lowest BCUT2D eigenvalue weighted by molar-refractivity contribution is -0.0764. The number of hydrogen-bond acceptors (Lipinski definition) is 3. The van der Waals surface area contributed by atoms with Crippen molar-refractivity contribution in [2.45, 2.75) is 43.9 Å². The molecule has 0 aliphatic carbocycles. The second-order valence-electron chi connectivity index (χ2n) is 9.10. The summed E-state index contributed by atoms with van der Waals surface area (Å²) in [6, 6.07) is 18.0. The zero-order valence-electron chi connectivity index (χ0n) is 18.2. The molecule has 1 spiro atoms. The van der Waals surface area contributed by atoms with Gasteiger partial charge in [-0.3, -0.25) is 9.69 Å². The number of aromatic nitrogens is 1. The Morgan fingerprint density at radius 3 is 2.61 bits per heavy atom. The smallest absolute Gasteiger partial charge is 0.251 e. The summed E-state index contributed by atoms with van der Waals surface area (Å²) in [6.45, 7) is 3.71. The molecule has 2 saturated heterocycles. The molecular weight excluding hydrogens is 386 g/mol. The fourth-order valence-corrected chi connectivity index (χ4v) is 5.22. The number of nitrogens with one attached hydrogen (secondary N) is 1. The van der Waals surface area contributed by atoms with Gasteiger partial charge in [0.25, 0.3) is 5.91 Å².